The van der Waals surface area contributed by atoms with Crippen LogP contribution in [-0.2, 0) is 11.8 Å². The van der Waals surface area contributed by atoms with Gasteiger partial charge in [-0.15, -0.1) is 0 Å². The maximum atomic E-state index is 12.3. The third-order valence-electron chi connectivity index (χ3n) is 4.49. The van der Waals surface area contributed by atoms with Crippen molar-refractivity contribution in [3.05, 3.63) is 59.2 Å². The predicted octanol–water partition coefficient (Wildman–Crippen LogP) is 4.26. The van der Waals surface area contributed by atoms with Crippen molar-refractivity contribution in [2.24, 2.45) is 0 Å². The number of nitrogens with one attached hydrogen (secondary N) is 1. The van der Waals surface area contributed by atoms with Gasteiger partial charge in [0, 0.05) is 5.69 Å². The summed E-state index contributed by atoms with van der Waals surface area (Å²) in [6, 6.07) is 12.7. The van der Waals surface area contributed by atoms with Gasteiger partial charge in [-0.1, -0.05) is 32.0 Å². The first-order valence-corrected chi connectivity index (χ1v) is 7.70. The monoisotopic (exact) mass is 295 g/mol. The van der Waals surface area contributed by atoms with Crippen LogP contribution in [0.5, 0.6) is 5.75 Å². The molecule has 2 aromatic rings. The third-order valence-corrected chi connectivity index (χ3v) is 4.49. The van der Waals surface area contributed by atoms with Crippen LogP contribution < -0.4 is 5.32 Å². The lowest BCUT2D eigenvalue weighted by Gasteiger charge is -2.33. The van der Waals surface area contributed by atoms with Crippen LogP contribution in [0.3, 0.4) is 0 Å². The Bertz CT molecular complexity index is 719. The van der Waals surface area contributed by atoms with Gasteiger partial charge in [-0.2, -0.15) is 0 Å². The van der Waals surface area contributed by atoms with Crippen molar-refractivity contribution in [1.29, 1.82) is 0 Å². The highest BCUT2D eigenvalue weighted by Gasteiger charge is 2.27. The number of aryl methyl sites for hydroxylation is 1. The summed E-state index contributed by atoms with van der Waals surface area (Å²) in [7, 11) is 0. The van der Waals surface area contributed by atoms with E-state index in [1.165, 1.54) is 23.6 Å². The SMILES string of the molecule is CC1(C)CCCc2ccc(NC(=O)c3ccccc3O)cc21. The van der Waals surface area contributed by atoms with Gasteiger partial charge in [0.15, 0.2) is 0 Å². The fraction of sp³-hybridized carbons (Fsp3) is 0.316. The molecular formula is C19H21NO2. The molecule has 114 valence electrons. The molecule has 3 rings (SSSR count). The van der Waals surface area contributed by atoms with Crippen LogP contribution in [-0.4, -0.2) is 11.0 Å². The number of phenolic OH excluding ortho intramolecular Hbond substituents is 1. The van der Waals surface area contributed by atoms with E-state index in [0.29, 0.717) is 5.56 Å². The van der Waals surface area contributed by atoms with E-state index in [4.69, 9.17) is 0 Å². The highest BCUT2D eigenvalue weighted by atomic mass is 16.3. The van der Waals surface area contributed by atoms with E-state index in [9.17, 15) is 9.90 Å². The van der Waals surface area contributed by atoms with Crippen molar-refractivity contribution < 1.29 is 9.90 Å². The average Bonchev–Trinajstić information content (AvgIpc) is 2.48. The molecule has 0 aromatic heterocycles. The molecule has 2 aromatic carbocycles. The molecule has 1 amide bonds. The number of amides is 1. The second kappa shape index (κ2) is 5.48. The van der Waals surface area contributed by atoms with Crippen molar-refractivity contribution in [3.8, 4) is 5.75 Å². The van der Waals surface area contributed by atoms with Crippen LogP contribution in [0.1, 0.15) is 48.2 Å². The second-order valence-electron chi connectivity index (χ2n) is 6.58. The van der Waals surface area contributed by atoms with E-state index in [1.54, 1.807) is 18.2 Å². The highest BCUT2D eigenvalue weighted by Crippen LogP contribution is 2.38. The van der Waals surface area contributed by atoms with Gasteiger partial charge in [-0.25, -0.2) is 0 Å². The number of carbonyl (C=O) groups is 1. The van der Waals surface area contributed by atoms with Gasteiger partial charge in [-0.05, 0) is 60.1 Å². The number of anilines is 1. The molecule has 0 fully saturated rings. The first kappa shape index (κ1) is 14.6. The zero-order valence-corrected chi connectivity index (χ0v) is 13.0. The molecular weight excluding hydrogens is 274 g/mol. The molecule has 1 aliphatic rings. The molecule has 0 aliphatic heterocycles. The summed E-state index contributed by atoms with van der Waals surface area (Å²) in [5.74, 6) is -0.287. The summed E-state index contributed by atoms with van der Waals surface area (Å²) in [6.45, 7) is 4.50. The van der Waals surface area contributed by atoms with Gasteiger partial charge >= 0.3 is 0 Å². The van der Waals surface area contributed by atoms with Gasteiger partial charge in [0.1, 0.15) is 5.75 Å². The van der Waals surface area contributed by atoms with Gasteiger partial charge in [0.25, 0.3) is 5.91 Å². The molecule has 3 nitrogen and oxygen atoms in total. The summed E-state index contributed by atoms with van der Waals surface area (Å²) in [4.78, 5) is 12.3. The van der Waals surface area contributed by atoms with E-state index < -0.39 is 0 Å². The molecule has 0 unspecified atom stereocenters. The van der Waals surface area contributed by atoms with Crippen LogP contribution in [0.4, 0.5) is 5.69 Å². The molecule has 0 bridgehead atoms. The van der Waals surface area contributed by atoms with Crippen molar-refractivity contribution in [3.63, 3.8) is 0 Å². The van der Waals surface area contributed by atoms with Crippen molar-refractivity contribution in [2.45, 2.75) is 38.5 Å². The fourth-order valence-electron chi connectivity index (χ4n) is 3.22. The molecule has 0 saturated carbocycles. The molecule has 3 heteroatoms. The molecule has 0 spiro atoms. The standard InChI is InChI=1S/C19H21NO2/c1-19(2)11-5-6-13-9-10-14(12-16(13)19)20-18(22)15-7-3-4-8-17(15)21/h3-4,7-10,12,21H,5-6,11H2,1-2H3,(H,20,22). The van der Waals surface area contributed by atoms with Gasteiger partial charge in [0.05, 0.1) is 5.56 Å². The van der Waals surface area contributed by atoms with Crippen LogP contribution in [0, 0.1) is 0 Å². The second-order valence-corrected chi connectivity index (χ2v) is 6.58. The maximum Gasteiger partial charge on any atom is 0.259 e. The first-order valence-electron chi connectivity index (χ1n) is 7.70. The number of hydrogen-bond acceptors (Lipinski definition) is 2. The molecule has 22 heavy (non-hydrogen) atoms. The van der Waals surface area contributed by atoms with E-state index in [0.717, 1.165) is 18.5 Å². The highest BCUT2D eigenvalue weighted by molar-refractivity contribution is 6.06. The number of phenols is 1. The quantitative estimate of drug-likeness (QED) is 0.869. The lowest BCUT2D eigenvalue weighted by molar-refractivity contribution is 0.102. The van der Waals surface area contributed by atoms with E-state index in [2.05, 4.69) is 31.3 Å². The van der Waals surface area contributed by atoms with Crippen LogP contribution >= 0.6 is 0 Å². The number of para-hydroxylation sites is 1. The number of rotatable bonds is 2. The molecule has 2 N–H and O–H groups in total. The Morgan fingerprint density at radius 2 is 1.95 bits per heavy atom. The van der Waals surface area contributed by atoms with Gasteiger partial charge < -0.3 is 10.4 Å². The Hall–Kier alpha value is -2.29. The summed E-state index contributed by atoms with van der Waals surface area (Å²) < 4.78 is 0. The van der Waals surface area contributed by atoms with Crippen molar-refractivity contribution >= 4 is 11.6 Å². The maximum absolute atomic E-state index is 12.3. The summed E-state index contributed by atoms with van der Waals surface area (Å²) >= 11 is 0. The Kier molecular flexibility index (Phi) is 3.65. The van der Waals surface area contributed by atoms with Crippen LogP contribution in [0.25, 0.3) is 0 Å². The largest absolute Gasteiger partial charge is 0.507 e. The topological polar surface area (TPSA) is 49.3 Å². The normalized spacial score (nSPS) is 15.9. The van der Waals surface area contributed by atoms with E-state index in [1.807, 2.05) is 6.07 Å². The zero-order valence-electron chi connectivity index (χ0n) is 13.0. The third kappa shape index (κ3) is 2.71. The minimum atomic E-state index is -0.285. The first-order chi connectivity index (χ1) is 10.5. The van der Waals surface area contributed by atoms with Crippen LogP contribution in [0.15, 0.2) is 42.5 Å². The average molecular weight is 295 g/mol. The Morgan fingerprint density at radius 3 is 2.73 bits per heavy atom. The zero-order chi connectivity index (χ0) is 15.7. The van der Waals surface area contributed by atoms with Crippen molar-refractivity contribution in [1.82, 2.24) is 0 Å². The summed E-state index contributed by atoms with van der Waals surface area (Å²) in [6.07, 6.45) is 3.48. The van der Waals surface area contributed by atoms with Gasteiger partial charge in [0.2, 0.25) is 0 Å². The number of benzene rings is 2. The minimum Gasteiger partial charge on any atom is -0.507 e. The number of fused-ring (bicyclic) bond motifs is 1. The minimum absolute atomic E-state index is 0.00158. The number of hydrogen-bond donors (Lipinski definition) is 2. The Morgan fingerprint density at radius 1 is 1.18 bits per heavy atom. The molecule has 0 atom stereocenters. The number of aromatic hydroxyl groups is 1. The Balaban J connectivity index is 1.88. The fourth-order valence-corrected chi connectivity index (χ4v) is 3.22. The molecule has 0 saturated heterocycles. The summed E-state index contributed by atoms with van der Waals surface area (Å²) in [5, 5.41) is 12.7. The lowest BCUT2D eigenvalue weighted by Crippen LogP contribution is -2.24. The summed E-state index contributed by atoms with van der Waals surface area (Å²) in [5.41, 5.74) is 3.90. The smallest absolute Gasteiger partial charge is 0.259 e. The Labute approximate surface area is 131 Å². The molecule has 1 aliphatic carbocycles. The van der Waals surface area contributed by atoms with E-state index in [-0.39, 0.29) is 17.1 Å². The predicted molar refractivity (Wildman–Crippen MR) is 88.5 cm³/mol. The number of carbonyl (C=O) groups excluding carboxylic acids is 1. The van der Waals surface area contributed by atoms with Crippen molar-refractivity contribution in [2.75, 3.05) is 5.32 Å². The lowest BCUT2D eigenvalue weighted by atomic mass is 9.73. The van der Waals surface area contributed by atoms with Gasteiger partial charge in [-0.3, -0.25) is 4.79 Å². The van der Waals surface area contributed by atoms with Crippen LogP contribution in [0.2, 0.25) is 0 Å². The van der Waals surface area contributed by atoms with E-state index >= 15 is 0 Å². The molecule has 0 heterocycles. The molecule has 0 radical (unpaired) electrons.